The number of hydrogen-bond acceptors (Lipinski definition) is 3. The van der Waals surface area contributed by atoms with Gasteiger partial charge in [-0.05, 0) is 24.3 Å². The number of aromatic hydroxyl groups is 1. The molecule has 0 aliphatic rings. The van der Waals surface area contributed by atoms with Crippen LogP contribution in [0.5, 0.6) is 5.75 Å². The average Bonchev–Trinajstić information content (AvgIpc) is 2.53. The Kier molecular flexibility index (Phi) is 1.66. The molecule has 0 unspecified atom stereocenters. The third kappa shape index (κ3) is 1.46. The molecule has 0 saturated heterocycles. The molecular weight excluding hydrogens is 166 g/mol. The second kappa shape index (κ2) is 2.82. The van der Waals surface area contributed by atoms with Gasteiger partial charge in [0.1, 0.15) is 17.4 Å². The maximum Gasteiger partial charge on any atom is 0.138 e. The van der Waals surface area contributed by atoms with E-state index in [9.17, 15) is 0 Å². The van der Waals surface area contributed by atoms with Gasteiger partial charge in [0.25, 0.3) is 0 Å². The summed E-state index contributed by atoms with van der Waals surface area (Å²) in [6, 6.07) is 6.75. The molecule has 0 aliphatic carbocycles. The number of H-pyrrole nitrogens is 1. The first kappa shape index (κ1) is 7.67. The third-order valence-corrected chi connectivity index (χ3v) is 1.74. The molecule has 0 bridgehead atoms. The number of nitrogens with zero attached hydrogens (tertiary/aromatic N) is 1. The normalized spacial score (nSPS) is 10.2. The molecule has 2 aromatic rings. The topological polar surface area (TPSA) is 74.9 Å². The standard InChI is InChI=1S/C9H9N3O/c10-8-5-11-9(12-8)6-1-3-7(13)4-2-6/h1-5,13H,10H2,(H,11,12). The van der Waals surface area contributed by atoms with Crippen molar-refractivity contribution >= 4 is 5.82 Å². The van der Waals surface area contributed by atoms with Gasteiger partial charge in [-0.25, -0.2) is 4.98 Å². The molecule has 0 spiro atoms. The number of aromatic amines is 1. The van der Waals surface area contributed by atoms with Gasteiger partial charge in [-0.2, -0.15) is 0 Å². The molecule has 1 aromatic carbocycles. The number of benzene rings is 1. The van der Waals surface area contributed by atoms with Crippen LogP contribution in [0.1, 0.15) is 0 Å². The molecule has 1 heterocycles. The van der Waals surface area contributed by atoms with Crippen LogP contribution < -0.4 is 5.73 Å². The van der Waals surface area contributed by atoms with Gasteiger partial charge in [0, 0.05) is 5.56 Å². The van der Waals surface area contributed by atoms with Gasteiger partial charge in [0.05, 0.1) is 6.20 Å². The van der Waals surface area contributed by atoms with Crippen molar-refractivity contribution in [1.82, 2.24) is 9.97 Å². The zero-order valence-corrected chi connectivity index (χ0v) is 6.86. The molecule has 13 heavy (non-hydrogen) atoms. The fourth-order valence-corrected chi connectivity index (χ4v) is 1.10. The number of imidazole rings is 1. The molecule has 4 N–H and O–H groups in total. The smallest absolute Gasteiger partial charge is 0.138 e. The summed E-state index contributed by atoms with van der Waals surface area (Å²) in [6.45, 7) is 0. The number of nitrogens with one attached hydrogen (secondary N) is 1. The average molecular weight is 175 g/mol. The Balaban J connectivity index is 2.41. The van der Waals surface area contributed by atoms with Crippen molar-refractivity contribution in [2.45, 2.75) is 0 Å². The Morgan fingerprint density at radius 2 is 1.92 bits per heavy atom. The van der Waals surface area contributed by atoms with Gasteiger partial charge < -0.3 is 15.8 Å². The minimum Gasteiger partial charge on any atom is -0.508 e. The second-order valence-corrected chi connectivity index (χ2v) is 2.73. The van der Waals surface area contributed by atoms with E-state index in [1.54, 1.807) is 30.5 Å². The number of nitrogens with two attached hydrogens (primary N) is 1. The van der Waals surface area contributed by atoms with Crippen molar-refractivity contribution in [2.24, 2.45) is 0 Å². The fourth-order valence-electron chi connectivity index (χ4n) is 1.10. The zero-order chi connectivity index (χ0) is 9.26. The van der Waals surface area contributed by atoms with E-state index in [-0.39, 0.29) is 5.75 Å². The van der Waals surface area contributed by atoms with Crippen LogP contribution in [0.4, 0.5) is 5.82 Å². The molecule has 4 heteroatoms. The maximum absolute atomic E-state index is 9.05. The highest BCUT2D eigenvalue weighted by molar-refractivity contribution is 5.58. The van der Waals surface area contributed by atoms with Crippen LogP contribution in [0.15, 0.2) is 30.5 Å². The summed E-state index contributed by atoms with van der Waals surface area (Å²) in [7, 11) is 0. The maximum atomic E-state index is 9.05. The molecule has 0 radical (unpaired) electrons. The van der Waals surface area contributed by atoms with Crippen molar-refractivity contribution in [2.75, 3.05) is 5.73 Å². The van der Waals surface area contributed by atoms with Crippen molar-refractivity contribution in [3.63, 3.8) is 0 Å². The molecule has 0 saturated carbocycles. The van der Waals surface area contributed by atoms with Crippen LogP contribution in [-0.2, 0) is 0 Å². The van der Waals surface area contributed by atoms with Gasteiger partial charge >= 0.3 is 0 Å². The lowest BCUT2D eigenvalue weighted by molar-refractivity contribution is 0.475. The lowest BCUT2D eigenvalue weighted by Gasteiger charge is -1.95. The summed E-state index contributed by atoms with van der Waals surface area (Å²) < 4.78 is 0. The SMILES string of the molecule is Nc1cnc(-c2ccc(O)cc2)[nH]1. The minimum atomic E-state index is 0.239. The van der Waals surface area contributed by atoms with Crippen LogP contribution in [0.2, 0.25) is 0 Å². The third-order valence-electron chi connectivity index (χ3n) is 1.74. The van der Waals surface area contributed by atoms with E-state index >= 15 is 0 Å². The molecule has 4 nitrogen and oxygen atoms in total. The Labute approximate surface area is 75.1 Å². The number of nitrogen functional groups attached to an aromatic ring is 1. The van der Waals surface area contributed by atoms with E-state index in [1.165, 1.54) is 0 Å². The van der Waals surface area contributed by atoms with Crippen LogP contribution in [0.3, 0.4) is 0 Å². The van der Waals surface area contributed by atoms with Gasteiger partial charge in [0.15, 0.2) is 0 Å². The number of rotatable bonds is 1. The van der Waals surface area contributed by atoms with Gasteiger partial charge in [0.2, 0.25) is 0 Å². The van der Waals surface area contributed by atoms with Crippen LogP contribution in [0, 0.1) is 0 Å². The second-order valence-electron chi connectivity index (χ2n) is 2.73. The van der Waals surface area contributed by atoms with Crippen molar-refractivity contribution in [3.8, 4) is 17.1 Å². The predicted molar refractivity (Wildman–Crippen MR) is 50.1 cm³/mol. The first-order chi connectivity index (χ1) is 6.25. The van der Waals surface area contributed by atoms with Gasteiger partial charge in [-0.1, -0.05) is 0 Å². The molecule has 0 fully saturated rings. The zero-order valence-electron chi connectivity index (χ0n) is 6.86. The highest BCUT2D eigenvalue weighted by Gasteiger charge is 2.00. The summed E-state index contributed by atoms with van der Waals surface area (Å²) in [4.78, 5) is 6.95. The first-order valence-electron chi connectivity index (χ1n) is 3.85. The van der Waals surface area contributed by atoms with Gasteiger partial charge in [-0.15, -0.1) is 0 Å². The van der Waals surface area contributed by atoms with Crippen LogP contribution in [-0.4, -0.2) is 15.1 Å². The van der Waals surface area contributed by atoms with Crippen LogP contribution in [0.25, 0.3) is 11.4 Å². The largest absolute Gasteiger partial charge is 0.508 e. The van der Waals surface area contributed by atoms with E-state index in [2.05, 4.69) is 9.97 Å². The number of phenols is 1. The van der Waals surface area contributed by atoms with Crippen molar-refractivity contribution < 1.29 is 5.11 Å². The summed E-state index contributed by atoms with van der Waals surface area (Å²) in [5, 5.41) is 9.05. The summed E-state index contributed by atoms with van der Waals surface area (Å²) in [6.07, 6.45) is 1.56. The van der Waals surface area contributed by atoms with E-state index in [1.807, 2.05) is 0 Å². The van der Waals surface area contributed by atoms with E-state index in [0.29, 0.717) is 11.6 Å². The predicted octanol–water partition coefficient (Wildman–Crippen LogP) is 1.36. The van der Waals surface area contributed by atoms with Crippen LogP contribution >= 0.6 is 0 Å². The molecule has 0 aliphatic heterocycles. The highest BCUT2D eigenvalue weighted by Crippen LogP contribution is 2.19. The summed E-state index contributed by atoms with van der Waals surface area (Å²) >= 11 is 0. The molecule has 2 rings (SSSR count). The number of aromatic nitrogens is 2. The molecule has 66 valence electrons. The summed E-state index contributed by atoms with van der Waals surface area (Å²) in [5.41, 5.74) is 6.38. The quantitative estimate of drug-likeness (QED) is 0.612. The summed E-state index contributed by atoms with van der Waals surface area (Å²) in [5.74, 6) is 1.48. The fraction of sp³-hybridized carbons (Fsp3) is 0. The molecule has 0 atom stereocenters. The monoisotopic (exact) mass is 175 g/mol. The lowest BCUT2D eigenvalue weighted by Crippen LogP contribution is -1.83. The van der Waals surface area contributed by atoms with E-state index in [4.69, 9.17) is 10.8 Å². The molecule has 0 amide bonds. The minimum absolute atomic E-state index is 0.239. The van der Waals surface area contributed by atoms with E-state index < -0.39 is 0 Å². The number of hydrogen-bond donors (Lipinski definition) is 3. The molecule has 1 aromatic heterocycles. The Morgan fingerprint density at radius 1 is 1.23 bits per heavy atom. The Bertz CT molecular complexity index is 405. The van der Waals surface area contributed by atoms with Crippen molar-refractivity contribution in [1.29, 1.82) is 0 Å². The first-order valence-corrected chi connectivity index (χ1v) is 3.85. The lowest BCUT2D eigenvalue weighted by atomic mass is 10.2. The Morgan fingerprint density at radius 3 is 2.46 bits per heavy atom. The van der Waals surface area contributed by atoms with Crippen molar-refractivity contribution in [3.05, 3.63) is 30.5 Å². The molecular formula is C9H9N3O. The van der Waals surface area contributed by atoms with E-state index in [0.717, 1.165) is 5.56 Å². The highest BCUT2D eigenvalue weighted by atomic mass is 16.3. The van der Waals surface area contributed by atoms with Gasteiger partial charge in [-0.3, -0.25) is 0 Å². The Hall–Kier alpha value is -1.97. The number of phenolic OH excluding ortho intramolecular Hbond substituents is 1. The number of anilines is 1.